The van der Waals surface area contributed by atoms with E-state index in [9.17, 15) is 8.42 Å². The molecule has 156 valence electrons. The molecular weight excluding hydrogens is 420 g/mol. The number of sulfone groups is 1. The monoisotopic (exact) mass is 448 g/mol. The van der Waals surface area contributed by atoms with Crippen LogP contribution in [0.15, 0.2) is 58.3 Å². The predicted octanol–water partition coefficient (Wildman–Crippen LogP) is 5.79. The van der Waals surface area contributed by atoms with Crippen LogP contribution in [-0.2, 0) is 9.84 Å². The summed E-state index contributed by atoms with van der Waals surface area (Å²) in [5.74, 6) is 0. The number of anilines is 2. The fraction of sp³-hybridized carbons (Fsp3) is 0.455. The zero-order valence-corrected chi connectivity index (χ0v) is 20.2. The van der Waals surface area contributed by atoms with E-state index in [-0.39, 0.29) is 11.1 Å². The first kappa shape index (κ1) is 20.9. The van der Waals surface area contributed by atoms with Crippen molar-refractivity contribution in [3.63, 3.8) is 0 Å². The highest BCUT2D eigenvalue weighted by Gasteiger charge is 2.52. The summed E-state index contributed by atoms with van der Waals surface area (Å²) in [5.41, 5.74) is 1.36. The molecule has 2 aliphatic heterocycles. The van der Waals surface area contributed by atoms with E-state index in [1.807, 2.05) is 48.5 Å². The van der Waals surface area contributed by atoms with E-state index >= 15 is 0 Å². The number of nitrogens with zero attached hydrogens (tertiary/aromatic N) is 2. The van der Waals surface area contributed by atoms with Gasteiger partial charge in [0.15, 0.2) is 9.41 Å². The number of benzene rings is 2. The molecule has 7 heteroatoms. The first-order valence-electron chi connectivity index (χ1n) is 9.75. The molecule has 4 nitrogen and oxygen atoms in total. The van der Waals surface area contributed by atoms with Crippen LogP contribution in [0.2, 0.25) is 0 Å². The standard InChI is InChI=1S/C22H28N2O2S3/c1-21(2,3)23-15-11-7-9-13-17(15)27-19(23)29(25,26)20-24(22(4,5)6)16-12-8-10-14-18(16)28-20/h7-14,19-20H,1-6H3. The van der Waals surface area contributed by atoms with Crippen LogP contribution in [0.25, 0.3) is 0 Å². The van der Waals surface area contributed by atoms with Crippen LogP contribution in [0.4, 0.5) is 11.4 Å². The van der Waals surface area contributed by atoms with Crippen molar-refractivity contribution in [2.75, 3.05) is 9.80 Å². The Bertz CT molecular complexity index is 961. The van der Waals surface area contributed by atoms with Crippen molar-refractivity contribution < 1.29 is 8.42 Å². The molecule has 0 amide bonds. The van der Waals surface area contributed by atoms with Crippen molar-refractivity contribution in [1.29, 1.82) is 0 Å². The second kappa shape index (κ2) is 6.86. The Morgan fingerprint density at radius 1 is 0.690 bits per heavy atom. The SMILES string of the molecule is CC(C)(C)N1c2ccccc2SC1S(=O)(=O)C1Sc2ccccc2N1C(C)(C)C. The summed E-state index contributed by atoms with van der Waals surface area (Å²) in [5, 5.41) is 0. The molecule has 29 heavy (non-hydrogen) atoms. The minimum absolute atomic E-state index is 0.319. The number of para-hydroxylation sites is 2. The smallest absolute Gasteiger partial charge is 0.212 e. The van der Waals surface area contributed by atoms with Crippen LogP contribution in [0.1, 0.15) is 41.5 Å². The molecule has 2 heterocycles. The first-order valence-corrected chi connectivity index (χ1v) is 13.1. The maximum absolute atomic E-state index is 14.2. The third kappa shape index (κ3) is 3.45. The Hall–Kier alpha value is -1.31. The van der Waals surface area contributed by atoms with Crippen molar-refractivity contribution in [1.82, 2.24) is 0 Å². The van der Waals surface area contributed by atoms with E-state index in [0.717, 1.165) is 21.2 Å². The summed E-state index contributed by atoms with van der Waals surface area (Å²) in [7, 11) is -3.56. The van der Waals surface area contributed by atoms with Gasteiger partial charge in [-0.1, -0.05) is 47.8 Å². The summed E-state index contributed by atoms with van der Waals surface area (Å²) in [6, 6.07) is 16.0. The summed E-state index contributed by atoms with van der Waals surface area (Å²) >= 11 is 2.91. The van der Waals surface area contributed by atoms with Gasteiger partial charge in [-0.25, -0.2) is 8.42 Å². The van der Waals surface area contributed by atoms with E-state index in [4.69, 9.17) is 0 Å². The molecule has 2 aromatic rings. The zero-order valence-electron chi connectivity index (χ0n) is 17.7. The molecule has 0 N–H and O–H groups in total. The van der Waals surface area contributed by atoms with Crippen LogP contribution in [-0.4, -0.2) is 28.9 Å². The van der Waals surface area contributed by atoms with Gasteiger partial charge in [-0.2, -0.15) is 0 Å². The molecule has 0 saturated carbocycles. The first-order chi connectivity index (χ1) is 13.4. The minimum Gasteiger partial charge on any atom is -0.340 e. The summed E-state index contributed by atoms with van der Waals surface area (Å²) in [4.78, 5) is 6.21. The van der Waals surface area contributed by atoms with Crippen LogP contribution in [0.5, 0.6) is 0 Å². The highest BCUT2D eigenvalue weighted by Crippen LogP contribution is 2.54. The molecule has 0 bridgehead atoms. The molecule has 4 rings (SSSR count). The number of fused-ring (bicyclic) bond motifs is 2. The van der Waals surface area contributed by atoms with E-state index in [1.165, 1.54) is 23.5 Å². The molecule has 2 aliphatic rings. The fourth-order valence-electron chi connectivity index (χ4n) is 3.94. The number of thioether (sulfide) groups is 2. The van der Waals surface area contributed by atoms with Crippen molar-refractivity contribution in [3.05, 3.63) is 48.5 Å². The van der Waals surface area contributed by atoms with Crippen LogP contribution in [0, 0.1) is 0 Å². The Morgan fingerprint density at radius 3 is 1.38 bits per heavy atom. The average molecular weight is 449 g/mol. The van der Waals surface area contributed by atoms with Gasteiger partial charge in [0.1, 0.15) is 0 Å². The van der Waals surface area contributed by atoms with Gasteiger partial charge in [0, 0.05) is 20.9 Å². The Balaban J connectivity index is 1.81. The maximum atomic E-state index is 14.2. The molecule has 2 atom stereocenters. The lowest BCUT2D eigenvalue weighted by Gasteiger charge is -2.42. The van der Waals surface area contributed by atoms with Gasteiger partial charge in [-0.15, -0.1) is 0 Å². The number of rotatable bonds is 2. The molecule has 2 aromatic carbocycles. The van der Waals surface area contributed by atoms with Crippen LogP contribution >= 0.6 is 23.5 Å². The molecule has 0 fully saturated rings. The fourth-order valence-corrected chi connectivity index (χ4v) is 10.5. The van der Waals surface area contributed by atoms with Crippen molar-refractivity contribution in [2.24, 2.45) is 0 Å². The molecular formula is C22H28N2O2S3. The van der Waals surface area contributed by atoms with Crippen LogP contribution < -0.4 is 9.80 Å². The van der Waals surface area contributed by atoms with Crippen molar-refractivity contribution in [2.45, 2.75) is 71.8 Å². The van der Waals surface area contributed by atoms with Gasteiger partial charge < -0.3 is 9.80 Å². The van der Waals surface area contributed by atoms with Gasteiger partial charge >= 0.3 is 0 Å². The van der Waals surface area contributed by atoms with Gasteiger partial charge in [-0.05, 0) is 65.8 Å². The highest BCUT2D eigenvalue weighted by atomic mass is 32.3. The Kier molecular flexibility index (Phi) is 4.95. The topological polar surface area (TPSA) is 40.6 Å². The average Bonchev–Trinajstić information content (AvgIpc) is 3.20. The normalized spacial score (nSPS) is 22.0. The van der Waals surface area contributed by atoms with E-state index in [1.54, 1.807) is 0 Å². The number of hydrogen-bond donors (Lipinski definition) is 0. The molecule has 2 unspecified atom stereocenters. The lowest BCUT2D eigenvalue weighted by Crippen LogP contribution is -2.55. The predicted molar refractivity (Wildman–Crippen MR) is 126 cm³/mol. The lowest BCUT2D eigenvalue weighted by molar-refractivity contribution is 0.494. The second-order valence-corrected chi connectivity index (χ2v) is 14.4. The molecule has 0 aliphatic carbocycles. The van der Waals surface area contributed by atoms with Crippen molar-refractivity contribution in [3.8, 4) is 0 Å². The lowest BCUT2D eigenvalue weighted by atomic mass is 10.1. The van der Waals surface area contributed by atoms with Gasteiger partial charge in [0.2, 0.25) is 9.84 Å². The maximum Gasteiger partial charge on any atom is 0.212 e. The van der Waals surface area contributed by atoms with E-state index in [2.05, 4.69) is 51.3 Å². The van der Waals surface area contributed by atoms with Crippen molar-refractivity contribution >= 4 is 44.7 Å². The third-order valence-corrected chi connectivity index (χ3v) is 10.9. The minimum atomic E-state index is -3.56. The zero-order chi connectivity index (χ0) is 21.2. The van der Waals surface area contributed by atoms with Crippen LogP contribution in [0.3, 0.4) is 0 Å². The quantitative estimate of drug-likeness (QED) is 0.579. The second-order valence-electron chi connectivity index (χ2n) is 9.46. The summed E-state index contributed by atoms with van der Waals surface area (Å²) in [6.45, 7) is 12.5. The molecule has 0 aromatic heterocycles. The Labute approximate surface area is 183 Å². The number of hydrogen-bond acceptors (Lipinski definition) is 6. The highest BCUT2D eigenvalue weighted by molar-refractivity contribution is 8.21. The third-order valence-electron chi connectivity index (χ3n) is 5.13. The van der Waals surface area contributed by atoms with Gasteiger partial charge in [-0.3, -0.25) is 0 Å². The van der Waals surface area contributed by atoms with Gasteiger partial charge in [0.25, 0.3) is 0 Å². The summed E-state index contributed by atoms with van der Waals surface area (Å²) < 4.78 is 27.0. The summed E-state index contributed by atoms with van der Waals surface area (Å²) in [6.07, 6.45) is 0. The van der Waals surface area contributed by atoms with E-state index in [0.29, 0.717) is 0 Å². The molecule has 0 spiro atoms. The van der Waals surface area contributed by atoms with Gasteiger partial charge in [0.05, 0.1) is 11.4 Å². The molecule has 0 saturated heterocycles. The largest absolute Gasteiger partial charge is 0.340 e. The Morgan fingerprint density at radius 2 is 1.03 bits per heavy atom. The molecule has 0 radical (unpaired) electrons. The van der Waals surface area contributed by atoms with E-state index < -0.39 is 19.2 Å².